The Morgan fingerprint density at radius 2 is 1.04 bits per heavy atom. The normalized spacial score (nSPS) is 16.4. The second-order valence-electron chi connectivity index (χ2n) is 27.4. The SMILES string of the molecule is CCOC(=O)C1(COc2cc(C)c(-c3ccc(-c4nc(C(F)(F)F)cn4COCC[Si](C)(C)C)c(F)c3)cn2)CCC1.CCOC(=O)C1(COc2cc(C)c(B3OC(C)(C)C(C)(C)O3)cn2)CCC1.C[Si](C)(C)CCOCn1cc(C(F)(F)F)nc1-c1ccc(Br)cc1F. The molecule has 2 saturated carbocycles. The predicted molar refractivity (Wildman–Crippen MR) is 351 cm³/mol. The molecule has 94 heavy (non-hydrogen) atoms. The van der Waals surface area contributed by atoms with Crippen molar-refractivity contribution < 1.29 is 82.4 Å². The molecule has 0 N–H and O–H groups in total. The van der Waals surface area contributed by atoms with Gasteiger partial charge in [-0.2, -0.15) is 26.3 Å². The topological polar surface area (TPSA) is 169 Å². The Morgan fingerprint density at radius 1 is 0.617 bits per heavy atom. The van der Waals surface area contributed by atoms with Gasteiger partial charge in [0, 0.05) is 81.8 Å². The highest BCUT2D eigenvalue weighted by atomic mass is 79.9. The van der Waals surface area contributed by atoms with Gasteiger partial charge in [-0.1, -0.05) is 74.1 Å². The van der Waals surface area contributed by atoms with Crippen LogP contribution < -0.4 is 14.9 Å². The predicted octanol–water partition coefficient (Wildman–Crippen LogP) is 16.1. The van der Waals surface area contributed by atoms with Crippen LogP contribution in [0.4, 0.5) is 35.1 Å². The van der Waals surface area contributed by atoms with Gasteiger partial charge in [-0.25, -0.2) is 28.7 Å². The number of aromatic nitrogens is 6. The van der Waals surface area contributed by atoms with E-state index in [-0.39, 0.29) is 54.8 Å². The van der Waals surface area contributed by atoms with E-state index in [1.54, 1.807) is 37.5 Å². The summed E-state index contributed by atoms with van der Waals surface area (Å²) in [5, 5.41) is 0. The molecule has 2 aliphatic carbocycles. The summed E-state index contributed by atoms with van der Waals surface area (Å²) in [5.41, 5.74) is -0.464. The number of rotatable bonds is 24. The molecular formula is C66H86BBrF8N6O10Si2. The number of nitrogens with zero attached hydrogens (tertiary/aromatic N) is 6. The summed E-state index contributed by atoms with van der Waals surface area (Å²) in [6, 6.07) is 13.7. The van der Waals surface area contributed by atoms with Gasteiger partial charge in [0.2, 0.25) is 11.8 Å². The quantitative estimate of drug-likeness (QED) is 0.0243. The second-order valence-corrected chi connectivity index (χ2v) is 39.6. The maximum absolute atomic E-state index is 15.4. The van der Waals surface area contributed by atoms with Crippen molar-refractivity contribution in [1.82, 2.24) is 29.1 Å². The largest absolute Gasteiger partial charge is 0.496 e. The molecule has 0 radical (unpaired) electrons. The summed E-state index contributed by atoms with van der Waals surface area (Å²) < 4.78 is 157. The molecule has 9 rings (SSSR count). The Balaban J connectivity index is 0.000000209. The zero-order chi connectivity index (χ0) is 69.4. The minimum Gasteiger partial charge on any atom is -0.476 e. The lowest BCUT2D eigenvalue weighted by Gasteiger charge is -2.38. The lowest BCUT2D eigenvalue weighted by atomic mass is 9.69. The molecule has 3 fully saturated rings. The highest BCUT2D eigenvalue weighted by Crippen LogP contribution is 2.45. The average molecular weight is 1420 g/mol. The molecular weight excluding hydrogens is 1340 g/mol. The van der Waals surface area contributed by atoms with Crippen molar-refractivity contribution in [1.29, 1.82) is 0 Å². The first-order valence-corrected chi connectivity index (χ1v) is 39.6. The van der Waals surface area contributed by atoms with Crippen LogP contribution in [0.2, 0.25) is 51.4 Å². The highest BCUT2D eigenvalue weighted by Gasteiger charge is 2.53. The molecule has 514 valence electrons. The lowest BCUT2D eigenvalue weighted by molar-refractivity contribution is -0.164. The van der Waals surface area contributed by atoms with Crippen LogP contribution in [0, 0.1) is 36.3 Å². The van der Waals surface area contributed by atoms with Gasteiger partial charge in [0.25, 0.3) is 0 Å². The van der Waals surface area contributed by atoms with Crippen LogP contribution in [0.25, 0.3) is 33.9 Å². The number of benzene rings is 2. The third-order valence-electron chi connectivity index (χ3n) is 17.0. The maximum atomic E-state index is 15.4. The summed E-state index contributed by atoms with van der Waals surface area (Å²) >= 11 is 3.13. The Hall–Kier alpha value is -6.04. The first-order chi connectivity index (χ1) is 43.8. The number of alkyl halides is 6. The fourth-order valence-electron chi connectivity index (χ4n) is 10.1. The monoisotopic (exact) mass is 1420 g/mol. The molecule has 0 bridgehead atoms. The molecule has 28 heteroatoms. The minimum atomic E-state index is -4.68. The van der Waals surface area contributed by atoms with Gasteiger partial charge in [0.15, 0.2) is 11.4 Å². The van der Waals surface area contributed by atoms with Crippen molar-refractivity contribution in [3.05, 3.63) is 112 Å². The number of carbonyl (C=O) groups excluding carboxylic acids is 2. The molecule has 0 amide bonds. The molecule has 4 aromatic heterocycles. The summed E-state index contributed by atoms with van der Waals surface area (Å²) in [7, 11) is -3.15. The summed E-state index contributed by atoms with van der Waals surface area (Å²) in [4.78, 5) is 40.7. The van der Waals surface area contributed by atoms with E-state index in [0.29, 0.717) is 73.2 Å². The van der Waals surface area contributed by atoms with Gasteiger partial charge in [-0.15, -0.1) is 0 Å². The number of carbonyl (C=O) groups is 2. The van der Waals surface area contributed by atoms with E-state index >= 15 is 4.39 Å². The van der Waals surface area contributed by atoms with Gasteiger partial charge >= 0.3 is 31.4 Å². The number of hydrogen-bond donors (Lipinski definition) is 0. The fraction of sp³-hybridized carbons (Fsp3) is 0.545. The van der Waals surface area contributed by atoms with E-state index in [4.69, 9.17) is 37.7 Å². The first kappa shape index (κ1) is 75.3. The molecule has 5 heterocycles. The Morgan fingerprint density at radius 3 is 1.41 bits per heavy atom. The Kier molecular flexibility index (Phi) is 24.5. The second kappa shape index (κ2) is 30.6. The van der Waals surface area contributed by atoms with E-state index in [1.807, 2.05) is 54.5 Å². The van der Waals surface area contributed by atoms with Crippen molar-refractivity contribution in [3.63, 3.8) is 0 Å². The standard InChI is InChI=1S/C30H37F4N3O4Si.C20H30BNO5.C16H19BrF4N2OSi/c1-6-40-28(38)29(10-7-11-29)18-41-26-14-20(2)23(16-35-26)21-8-9-22(24(31)15-21)27-36-25(30(32,33)34)17-37(27)19-39-12-13-42(3,4)5;1-7-24-17(23)20(9-8-10-20)13-25-16-11-14(2)15(12-22-16)21-26-18(3,4)19(5,6)27-21;1-25(2,3)7-6-24-10-23-9-14(16(19,20)21)22-15(23)12-5-4-11(17)8-13(12)18/h8-9,14-17H,6-7,10-13,18-19H2,1-5H3;11-12H,7-10,13H2,1-6H3;4-5,8-9H,6-7,10H2,1-3H3. The minimum absolute atomic E-state index is 0.00695. The third kappa shape index (κ3) is 19.4. The lowest BCUT2D eigenvalue weighted by Crippen LogP contribution is -2.44. The number of hydrogen-bond acceptors (Lipinski definition) is 14. The molecule has 2 aromatic carbocycles. The summed E-state index contributed by atoms with van der Waals surface area (Å²) in [6.45, 7) is 30.3. The molecule has 16 nitrogen and oxygen atoms in total. The van der Waals surface area contributed by atoms with Crippen LogP contribution in [-0.4, -0.2) is 115 Å². The van der Waals surface area contributed by atoms with Gasteiger partial charge in [-0.05, 0) is 140 Å². The number of ether oxygens (including phenoxy) is 6. The van der Waals surface area contributed by atoms with Gasteiger partial charge in [-0.3, -0.25) is 9.59 Å². The zero-order valence-electron chi connectivity index (χ0n) is 56.0. The van der Waals surface area contributed by atoms with Gasteiger partial charge < -0.3 is 46.9 Å². The van der Waals surface area contributed by atoms with E-state index in [9.17, 15) is 40.3 Å². The van der Waals surface area contributed by atoms with Crippen LogP contribution in [0.3, 0.4) is 0 Å². The van der Waals surface area contributed by atoms with Gasteiger partial charge in [0.05, 0.1) is 35.5 Å². The number of esters is 2. The molecule has 0 unspecified atom stereocenters. The summed E-state index contributed by atoms with van der Waals surface area (Å²) in [6.07, 6.45) is 0.646. The number of imidazole rings is 2. The van der Waals surface area contributed by atoms with E-state index in [0.717, 1.165) is 66.8 Å². The van der Waals surface area contributed by atoms with Crippen molar-refractivity contribution in [3.8, 4) is 45.7 Å². The van der Waals surface area contributed by atoms with Crippen molar-refractivity contribution in [2.45, 2.75) is 182 Å². The van der Waals surface area contributed by atoms with E-state index in [1.165, 1.54) is 33.4 Å². The average Bonchev–Trinajstić information content (AvgIpc) is 1.56. The van der Waals surface area contributed by atoms with Crippen molar-refractivity contribution in [2.24, 2.45) is 10.8 Å². The number of pyridine rings is 2. The van der Waals surface area contributed by atoms with E-state index < -0.39 is 80.7 Å². The van der Waals surface area contributed by atoms with E-state index in [2.05, 4.69) is 75.1 Å². The molecule has 6 aromatic rings. The summed E-state index contributed by atoms with van der Waals surface area (Å²) in [5.74, 6) is -1.24. The maximum Gasteiger partial charge on any atom is 0.496 e. The molecule has 0 spiro atoms. The van der Waals surface area contributed by atoms with Crippen molar-refractivity contribution >= 4 is 56.6 Å². The highest BCUT2D eigenvalue weighted by molar-refractivity contribution is 9.10. The Labute approximate surface area is 555 Å². The molecule has 1 saturated heterocycles. The first-order valence-electron chi connectivity index (χ1n) is 31.4. The van der Waals surface area contributed by atoms with Crippen molar-refractivity contribution in [2.75, 3.05) is 39.6 Å². The fourth-order valence-corrected chi connectivity index (χ4v) is 12.0. The van der Waals surface area contributed by atoms with Crippen LogP contribution in [0.5, 0.6) is 11.8 Å². The van der Waals surface area contributed by atoms with Gasteiger partial charge in [0.1, 0.15) is 60.8 Å². The van der Waals surface area contributed by atoms with Crippen LogP contribution in [0.15, 0.2) is 77.8 Å². The molecule has 0 atom stereocenters. The zero-order valence-corrected chi connectivity index (χ0v) is 59.6. The number of halogens is 9. The molecule has 3 aliphatic rings. The van der Waals surface area contributed by atoms with Crippen LogP contribution >= 0.6 is 15.9 Å². The molecule has 1 aliphatic heterocycles. The smallest absolute Gasteiger partial charge is 0.476 e. The van der Waals surface area contributed by atoms with Crippen LogP contribution in [-0.2, 0) is 63.7 Å². The van der Waals surface area contributed by atoms with Crippen LogP contribution in [0.1, 0.15) is 103 Å². The number of aryl methyl sites for hydroxylation is 2. The Bertz CT molecular complexity index is 3570. The third-order valence-corrected chi connectivity index (χ3v) is 20.9.